The molecule has 1 N–H and O–H groups in total. The second kappa shape index (κ2) is 11.8. The second-order valence-corrected chi connectivity index (χ2v) is 10.8. The van der Waals surface area contributed by atoms with Crippen molar-refractivity contribution >= 4 is 40.6 Å². The molecule has 11 heteroatoms. The topological polar surface area (TPSA) is 84.4 Å². The van der Waals surface area contributed by atoms with E-state index in [1.165, 1.54) is 24.3 Å². The van der Waals surface area contributed by atoms with E-state index in [9.17, 15) is 9.90 Å². The van der Waals surface area contributed by atoms with Crippen LogP contribution in [0.1, 0.15) is 24.0 Å². The van der Waals surface area contributed by atoms with Crippen LogP contribution in [0.4, 0.5) is 15.9 Å². The number of fused-ring (bicyclic) bond motifs is 1. The van der Waals surface area contributed by atoms with E-state index in [0.29, 0.717) is 58.9 Å². The van der Waals surface area contributed by atoms with Crippen molar-refractivity contribution in [1.82, 2.24) is 4.98 Å². The van der Waals surface area contributed by atoms with Crippen molar-refractivity contribution in [3.05, 3.63) is 75.7 Å². The molecule has 0 radical (unpaired) electrons. The van der Waals surface area contributed by atoms with Crippen molar-refractivity contribution in [3.63, 3.8) is 0 Å². The van der Waals surface area contributed by atoms with Gasteiger partial charge in [0.1, 0.15) is 41.4 Å². The number of methoxy groups -OCH3 is 2. The maximum atomic E-state index is 15.2. The summed E-state index contributed by atoms with van der Waals surface area (Å²) in [5.41, 5.74) is 0.323. The predicted molar refractivity (Wildman–Crippen MR) is 151 cm³/mol. The molecule has 2 unspecified atom stereocenters. The molecule has 0 spiro atoms. The van der Waals surface area contributed by atoms with Crippen molar-refractivity contribution < 1.29 is 28.5 Å². The Morgan fingerprint density at radius 2 is 1.93 bits per heavy atom. The summed E-state index contributed by atoms with van der Waals surface area (Å²) in [5.74, 6) is 1.01. The fourth-order valence-electron chi connectivity index (χ4n) is 5.28. The van der Waals surface area contributed by atoms with Crippen LogP contribution in [-0.2, 0) is 22.5 Å². The zero-order valence-corrected chi connectivity index (χ0v) is 23.7. The van der Waals surface area contributed by atoms with E-state index in [4.69, 9.17) is 37.4 Å². The van der Waals surface area contributed by atoms with Crippen LogP contribution >= 0.6 is 23.2 Å². The number of piperidine rings is 1. The van der Waals surface area contributed by atoms with E-state index in [0.717, 1.165) is 5.56 Å². The molecule has 2 aliphatic heterocycles. The minimum atomic E-state index is -1.32. The summed E-state index contributed by atoms with van der Waals surface area (Å²) in [6.45, 7) is 0.921. The number of hydrogen-bond acceptors (Lipinski definition) is 7. The lowest BCUT2D eigenvalue weighted by Gasteiger charge is -2.44. The smallest absolute Gasteiger partial charge is 0.227 e. The number of aromatic nitrogens is 1. The highest BCUT2D eigenvalue weighted by atomic mass is 35.5. The number of nitrogens with zero attached hydrogens (tertiary/aromatic N) is 3. The van der Waals surface area contributed by atoms with E-state index in [1.807, 2.05) is 17.0 Å². The maximum Gasteiger partial charge on any atom is 0.227 e. The molecule has 0 aliphatic carbocycles. The Morgan fingerprint density at radius 1 is 1.15 bits per heavy atom. The largest absolute Gasteiger partial charge is 0.497 e. The third kappa shape index (κ3) is 5.69. The fourth-order valence-corrected chi connectivity index (χ4v) is 5.77. The molecule has 40 heavy (non-hydrogen) atoms. The van der Waals surface area contributed by atoms with Gasteiger partial charge in [-0.05, 0) is 48.7 Å². The van der Waals surface area contributed by atoms with Gasteiger partial charge in [0.25, 0.3) is 0 Å². The predicted octanol–water partition coefficient (Wildman–Crippen LogP) is 5.05. The number of anilines is 2. The van der Waals surface area contributed by atoms with Crippen molar-refractivity contribution in [2.75, 3.05) is 43.7 Å². The van der Waals surface area contributed by atoms with Gasteiger partial charge in [-0.1, -0.05) is 35.3 Å². The molecule has 2 atom stereocenters. The lowest BCUT2D eigenvalue weighted by atomic mass is 9.89. The zero-order valence-electron chi connectivity index (χ0n) is 22.2. The number of carbonyl (C=O) groups is 1. The number of hydrogen-bond donors (Lipinski definition) is 1. The van der Waals surface area contributed by atoms with Crippen LogP contribution in [0.3, 0.4) is 0 Å². The molecule has 5 rings (SSSR count). The van der Waals surface area contributed by atoms with Gasteiger partial charge in [-0.15, -0.1) is 0 Å². The number of rotatable bonds is 8. The first kappa shape index (κ1) is 28.4. The van der Waals surface area contributed by atoms with Gasteiger partial charge >= 0.3 is 0 Å². The van der Waals surface area contributed by atoms with Crippen LogP contribution in [0, 0.1) is 5.82 Å². The summed E-state index contributed by atoms with van der Waals surface area (Å²) in [4.78, 5) is 20.6. The van der Waals surface area contributed by atoms with Gasteiger partial charge in [0, 0.05) is 38.4 Å². The van der Waals surface area contributed by atoms with E-state index in [1.54, 1.807) is 31.4 Å². The summed E-state index contributed by atoms with van der Waals surface area (Å²) < 4.78 is 32.2. The molecule has 3 aromatic rings. The highest BCUT2D eigenvalue weighted by Gasteiger charge is 2.44. The average molecular weight is 590 g/mol. The van der Waals surface area contributed by atoms with Gasteiger partial charge in [-0.3, -0.25) is 4.79 Å². The molecule has 1 fully saturated rings. The lowest BCUT2D eigenvalue weighted by Crippen LogP contribution is -2.59. The van der Waals surface area contributed by atoms with Crippen LogP contribution in [0.2, 0.25) is 10.0 Å². The Hall–Kier alpha value is -3.11. The first-order valence-electron chi connectivity index (χ1n) is 12.9. The van der Waals surface area contributed by atoms with Gasteiger partial charge < -0.3 is 29.1 Å². The van der Waals surface area contributed by atoms with E-state index >= 15 is 4.39 Å². The summed E-state index contributed by atoms with van der Waals surface area (Å²) in [6, 6.07) is 11.8. The van der Waals surface area contributed by atoms with Gasteiger partial charge in [-0.2, -0.15) is 0 Å². The molecule has 0 saturated carbocycles. The van der Waals surface area contributed by atoms with Crippen molar-refractivity contribution in [1.29, 1.82) is 0 Å². The molecular weight excluding hydrogens is 560 g/mol. The summed E-state index contributed by atoms with van der Waals surface area (Å²) in [6.07, 6.45) is 1.78. The SMILES string of the molecule is COc1ccc(CN2C(=O)CCc3c(OCC4(O)CCN(c5ncc(Cl)cc5Cl)CC4OC)ccc(F)c32)cc1. The van der Waals surface area contributed by atoms with E-state index in [2.05, 4.69) is 4.98 Å². The molecule has 3 heterocycles. The Balaban J connectivity index is 1.34. The molecule has 2 aliphatic rings. The van der Waals surface area contributed by atoms with Gasteiger partial charge in [0.15, 0.2) is 0 Å². The fraction of sp³-hybridized carbons (Fsp3) is 0.379. The Labute approximate surface area is 242 Å². The molecule has 1 aromatic heterocycles. The highest BCUT2D eigenvalue weighted by molar-refractivity contribution is 6.36. The summed E-state index contributed by atoms with van der Waals surface area (Å²) >= 11 is 12.3. The summed E-state index contributed by atoms with van der Waals surface area (Å²) in [5, 5.41) is 12.4. The third-order valence-electron chi connectivity index (χ3n) is 7.50. The number of benzene rings is 2. The molecule has 8 nitrogen and oxygen atoms in total. The van der Waals surface area contributed by atoms with Gasteiger partial charge in [0.2, 0.25) is 5.91 Å². The Bertz CT molecular complexity index is 1390. The number of carbonyl (C=O) groups excluding carboxylic acids is 1. The minimum Gasteiger partial charge on any atom is -0.497 e. The number of halogens is 3. The maximum absolute atomic E-state index is 15.2. The van der Waals surface area contributed by atoms with Crippen molar-refractivity contribution in [3.8, 4) is 11.5 Å². The second-order valence-electron chi connectivity index (χ2n) is 9.97. The van der Waals surface area contributed by atoms with Crippen LogP contribution in [0.15, 0.2) is 48.7 Å². The van der Waals surface area contributed by atoms with Crippen molar-refractivity contribution in [2.24, 2.45) is 0 Å². The van der Waals surface area contributed by atoms with Gasteiger partial charge in [0.05, 0.1) is 29.4 Å². The molecule has 0 bridgehead atoms. The number of aliphatic hydroxyl groups is 1. The lowest BCUT2D eigenvalue weighted by molar-refractivity contribution is -0.123. The monoisotopic (exact) mass is 589 g/mol. The first-order valence-corrected chi connectivity index (χ1v) is 13.7. The van der Waals surface area contributed by atoms with Crippen LogP contribution in [0.25, 0.3) is 0 Å². The first-order chi connectivity index (χ1) is 19.2. The Kier molecular flexibility index (Phi) is 8.37. The minimum absolute atomic E-state index is 0.0778. The number of amides is 1. The summed E-state index contributed by atoms with van der Waals surface area (Å²) in [7, 11) is 3.11. The van der Waals surface area contributed by atoms with E-state index < -0.39 is 17.5 Å². The standard InChI is InChI=1S/C29H30Cl2FN3O5/c1-38-20-5-3-18(4-6-20)15-35-26(36)10-7-21-24(9-8-23(32)27(21)35)40-17-29(37)11-12-34(16-25(29)39-2)28-22(31)13-19(30)14-33-28/h3-6,8-9,13-14,25,37H,7,10-12,15-17H2,1-2H3. The third-order valence-corrected chi connectivity index (χ3v) is 7.99. The van der Waals surface area contributed by atoms with Crippen LogP contribution in [0.5, 0.6) is 11.5 Å². The Morgan fingerprint density at radius 3 is 2.62 bits per heavy atom. The van der Waals surface area contributed by atoms with Crippen molar-refractivity contribution in [2.45, 2.75) is 37.5 Å². The normalized spacial score (nSPS) is 20.9. The molecule has 212 valence electrons. The number of pyridine rings is 1. The molecule has 1 amide bonds. The average Bonchev–Trinajstić information content (AvgIpc) is 2.95. The van der Waals surface area contributed by atoms with E-state index in [-0.39, 0.29) is 31.2 Å². The van der Waals surface area contributed by atoms with Crippen LogP contribution in [-0.4, -0.2) is 61.6 Å². The van der Waals surface area contributed by atoms with Gasteiger partial charge in [-0.25, -0.2) is 9.37 Å². The quantitative estimate of drug-likeness (QED) is 0.393. The highest BCUT2D eigenvalue weighted by Crippen LogP contribution is 2.39. The molecule has 2 aromatic carbocycles. The molecule has 1 saturated heterocycles. The van der Waals surface area contributed by atoms with Crippen LogP contribution < -0.4 is 19.3 Å². The number of ether oxygens (including phenoxy) is 3. The molecular formula is C29H30Cl2FN3O5. The zero-order chi connectivity index (χ0) is 28.4.